The van der Waals surface area contributed by atoms with Crippen molar-refractivity contribution in [1.82, 2.24) is 10.2 Å². The summed E-state index contributed by atoms with van der Waals surface area (Å²) in [7, 11) is 0. The van der Waals surface area contributed by atoms with Crippen LogP contribution < -0.4 is 11.1 Å². The second-order valence-corrected chi connectivity index (χ2v) is 6.78. The molecule has 1 amide bonds. The Kier molecular flexibility index (Phi) is 5.38. The molecule has 2 unspecified atom stereocenters. The van der Waals surface area contributed by atoms with Gasteiger partial charge in [0.2, 0.25) is 11.0 Å². The minimum atomic E-state index is -0.358. The van der Waals surface area contributed by atoms with Crippen LogP contribution in [0.15, 0.2) is 54.0 Å². The number of anilines is 2. The maximum absolute atomic E-state index is 12.8. The Morgan fingerprint density at radius 1 is 1.23 bits per heavy atom. The van der Waals surface area contributed by atoms with E-state index in [1.54, 1.807) is 11.6 Å². The number of nitrogens with one attached hydrogen (secondary N) is 2. The van der Waals surface area contributed by atoms with E-state index in [0.717, 1.165) is 11.1 Å². The van der Waals surface area contributed by atoms with Gasteiger partial charge in [-0.3, -0.25) is 4.79 Å². The molecule has 1 heterocycles. The molecule has 1 aromatic heterocycles. The Balaban J connectivity index is 1.98. The molecular formula is C19H19N5OS. The van der Waals surface area contributed by atoms with Crippen molar-refractivity contribution in [2.45, 2.75) is 12.8 Å². The van der Waals surface area contributed by atoms with E-state index in [1.165, 1.54) is 17.6 Å². The minimum Gasteiger partial charge on any atom is -0.398 e. The Morgan fingerprint density at radius 2 is 2.00 bits per heavy atom. The molecule has 0 radical (unpaired) electrons. The van der Waals surface area contributed by atoms with Crippen LogP contribution in [-0.4, -0.2) is 22.3 Å². The highest BCUT2D eigenvalue weighted by molar-refractivity contribution is 7.13. The maximum Gasteiger partial charge on any atom is 0.229 e. The summed E-state index contributed by atoms with van der Waals surface area (Å²) in [5.41, 5.74) is 10.6. The zero-order valence-corrected chi connectivity index (χ0v) is 15.0. The van der Waals surface area contributed by atoms with Crippen LogP contribution in [0.2, 0.25) is 0 Å². The van der Waals surface area contributed by atoms with Crippen LogP contribution in [0.4, 0.5) is 10.8 Å². The third-order valence-electron chi connectivity index (χ3n) is 4.29. The van der Waals surface area contributed by atoms with Crippen LogP contribution in [-0.2, 0) is 4.79 Å². The zero-order valence-electron chi connectivity index (χ0n) is 14.2. The van der Waals surface area contributed by atoms with Crippen LogP contribution in [0.5, 0.6) is 0 Å². The first-order chi connectivity index (χ1) is 12.6. The summed E-state index contributed by atoms with van der Waals surface area (Å²) in [6.45, 7) is 1.88. The molecule has 3 aromatic rings. The number of nitrogens with zero attached hydrogens (tertiary/aromatic N) is 2. The third kappa shape index (κ3) is 3.78. The van der Waals surface area contributed by atoms with Gasteiger partial charge in [0.05, 0.1) is 0 Å². The summed E-state index contributed by atoms with van der Waals surface area (Å²) < 4.78 is 0. The summed E-state index contributed by atoms with van der Waals surface area (Å²) in [6, 6.07) is 15.4. The second kappa shape index (κ2) is 7.88. The molecule has 7 heteroatoms. The molecule has 4 N–H and O–H groups in total. The highest BCUT2D eigenvalue weighted by Gasteiger charge is 2.28. The summed E-state index contributed by atoms with van der Waals surface area (Å²) in [5, 5.41) is 18.5. The van der Waals surface area contributed by atoms with Gasteiger partial charge in [-0.25, -0.2) is 0 Å². The first kappa shape index (κ1) is 17.8. The van der Waals surface area contributed by atoms with E-state index in [-0.39, 0.29) is 17.7 Å². The largest absolute Gasteiger partial charge is 0.398 e. The zero-order chi connectivity index (χ0) is 18.5. The van der Waals surface area contributed by atoms with Gasteiger partial charge in [-0.05, 0) is 23.3 Å². The van der Waals surface area contributed by atoms with Crippen LogP contribution in [0.25, 0.3) is 0 Å². The van der Waals surface area contributed by atoms with E-state index in [0.29, 0.717) is 16.4 Å². The van der Waals surface area contributed by atoms with E-state index < -0.39 is 0 Å². The van der Waals surface area contributed by atoms with E-state index in [4.69, 9.17) is 11.1 Å². The highest BCUT2D eigenvalue weighted by atomic mass is 32.1. The van der Waals surface area contributed by atoms with Gasteiger partial charge in [-0.15, -0.1) is 10.2 Å². The molecule has 0 aliphatic rings. The molecule has 2 atom stereocenters. The van der Waals surface area contributed by atoms with Gasteiger partial charge in [0.1, 0.15) is 5.51 Å². The molecule has 3 rings (SSSR count). The van der Waals surface area contributed by atoms with Crippen molar-refractivity contribution in [1.29, 1.82) is 5.41 Å². The lowest BCUT2D eigenvalue weighted by atomic mass is 9.80. The van der Waals surface area contributed by atoms with Crippen LogP contribution in [0, 0.1) is 11.3 Å². The molecule has 2 aromatic carbocycles. The summed E-state index contributed by atoms with van der Waals surface area (Å²) in [6.07, 6.45) is 1.23. The van der Waals surface area contributed by atoms with E-state index in [9.17, 15) is 4.79 Å². The molecule has 0 aliphatic carbocycles. The third-order valence-corrected chi connectivity index (χ3v) is 4.89. The topological polar surface area (TPSA) is 105 Å². The highest BCUT2D eigenvalue weighted by Crippen LogP contribution is 2.34. The number of nitrogen functional groups attached to an aromatic ring is 1. The van der Waals surface area contributed by atoms with Gasteiger partial charge in [0.15, 0.2) is 0 Å². The van der Waals surface area contributed by atoms with Gasteiger partial charge in [-0.1, -0.05) is 54.7 Å². The molecule has 0 saturated carbocycles. The van der Waals surface area contributed by atoms with Gasteiger partial charge < -0.3 is 16.5 Å². The normalized spacial score (nSPS) is 13.0. The maximum atomic E-state index is 12.8. The predicted molar refractivity (Wildman–Crippen MR) is 105 cm³/mol. The lowest BCUT2D eigenvalue weighted by Gasteiger charge is -2.24. The Hall–Kier alpha value is -3.06. The molecule has 26 heavy (non-hydrogen) atoms. The lowest BCUT2D eigenvalue weighted by molar-refractivity contribution is -0.119. The fourth-order valence-electron chi connectivity index (χ4n) is 2.94. The molecule has 0 bridgehead atoms. The Labute approximate surface area is 155 Å². The van der Waals surface area contributed by atoms with Crippen molar-refractivity contribution < 1.29 is 4.79 Å². The monoisotopic (exact) mass is 365 g/mol. The number of hydrogen-bond acceptors (Lipinski definition) is 6. The molecule has 0 aliphatic heterocycles. The number of carbonyl (C=O) groups excluding carboxylic acids is 1. The van der Waals surface area contributed by atoms with E-state index in [2.05, 4.69) is 15.5 Å². The summed E-state index contributed by atoms with van der Waals surface area (Å²) >= 11 is 1.28. The van der Waals surface area contributed by atoms with Crippen molar-refractivity contribution in [2.24, 2.45) is 5.92 Å². The number of benzene rings is 2. The fourth-order valence-corrected chi connectivity index (χ4v) is 3.39. The van der Waals surface area contributed by atoms with Crippen molar-refractivity contribution in [3.63, 3.8) is 0 Å². The molecule has 0 spiro atoms. The Bertz CT molecular complexity index is 896. The van der Waals surface area contributed by atoms with Crippen LogP contribution in [0.3, 0.4) is 0 Å². The first-order valence-corrected chi connectivity index (χ1v) is 9.00. The number of carbonyl (C=O) groups is 1. The van der Waals surface area contributed by atoms with Crippen molar-refractivity contribution in [3.05, 3.63) is 70.7 Å². The van der Waals surface area contributed by atoms with Gasteiger partial charge >= 0.3 is 0 Å². The molecule has 0 saturated heterocycles. The van der Waals surface area contributed by atoms with Crippen molar-refractivity contribution >= 4 is 34.3 Å². The molecular weight excluding hydrogens is 346 g/mol. The van der Waals surface area contributed by atoms with E-state index in [1.807, 2.05) is 49.4 Å². The lowest BCUT2D eigenvalue weighted by Crippen LogP contribution is -2.26. The second-order valence-electron chi connectivity index (χ2n) is 5.94. The predicted octanol–water partition coefficient (Wildman–Crippen LogP) is 3.52. The number of aromatic nitrogens is 2. The molecule has 132 valence electrons. The SMILES string of the molecule is CC(C(=O)Nc1nncs1)C(c1ccccc1)c1ccc(N)c(C=N)c1. The Morgan fingerprint density at radius 3 is 2.65 bits per heavy atom. The quantitative estimate of drug-likeness (QED) is 0.459. The minimum absolute atomic E-state index is 0.135. The summed E-state index contributed by atoms with van der Waals surface area (Å²) in [4.78, 5) is 12.8. The number of rotatable bonds is 6. The van der Waals surface area contributed by atoms with Crippen molar-refractivity contribution in [3.8, 4) is 0 Å². The fraction of sp³-hybridized carbons (Fsp3) is 0.158. The number of hydrogen-bond donors (Lipinski definition) is 3. The summed E-state index contributed by atoms with van der Waals surface area (Å²) in [5.74, 6) is -0.671. The molecule has 0 fully saturated rings. The van der Waals surface area contributed by atoms with Crippen molar-refractivity contribution in [2.75, 3.05) is 11.1 Å². The van der Waals surface area contributed by atoms with Gasteiger partial charge in [0, 0.05) is 29.3 Å². The van der Waals surface area contributed by atoms with E-state index >= 15 is 0 Å². The average molecular weight is 365 g/mol. The number of amides is 1. The van der Waals surface area contributed by atoms with Gasteiger partial charge in [0.25, 0.3) is 0 Å². The van der Waals surface area contributed by atoms with Crippen LogP contribution >= 0.6 is 11.3 Å². The first-order valence-electron chi connectivity index (χ1n) is 8.12. The van der Waals surface area contributed by atoms with Gasteiger partial charge in [-0.2, -0.15) is 0 Å². The standard InChI is InChI=1S/C19H19N5OS/c1-12(18(25)23-19-24-22-11-26-19)17(13-5-3-2-4-6-13)14-7-8-16(21)15(9-14)10-20/h2-12,17,20H,21H2,1H3,(H,23,24,25). The number of nitrogens with two attached hydrogens (primary N) is 1. The van der Waals surface area contributed by atoms with Crippen LogP contribution in [0.1, 0.15) is 29.5 Å². The smallest absolute Gasteiger partial charge is 0.229 e. The average Bonchev–Trinajstić information content (AvgIpc) is 3.17. The molecule has 6 nitrogen and oxygen atoms in total.